The molecule has 1 saturated carbocycles. The fourth-order valence-corrected chi connectivity index (χ4v) is 4.75. The monoisotopic (exact) mass is 282 g/mol. The molecule has 0 aromatic heterocycles. The van der Waals surface area contributed by atoms with Gasteiger partial charge in [0.25, 0.3) is 0 Å². The zero-order valence-corrected chi connectivity index (χ0v) is 12.2. The minimum Gasteiger partial charge on any atom is -0.432 e. The van der Waals surface area contributed by atoms with Gasteiger partial charge in [0.2, 0.25) is 6.29 Å². The van der Waals surface area contributed by atoms with Crippen LogP contribution in [0.25, 0.3) is 0 Å². The Kier molecular flexibility index (Phi) is 2.73. The van der Waals surface area contributed by atoms with Gasteiger partial charge in [-0.1, -0.05) is 13.8 Å². The molecule has 8 atom stereocenters. The normalized spacial score (nSPS) is 57.8. The predicted octanol–water partition coefficient (Wildman–Crippen LogP) is 2.05. The maximum absolute atomic E-state index is 12.1. The first-order valence-electron chi connectivity index (χ1n) is 7.74. The van der Waals surface area contributed by atoms with E-state index in [0.717, 1.165) is 19.3 Å². The van der Waals surface area contributed by atoms with Crippen molar-refractivity contribution in [3.05, 3.63) is 0 Å². The molecular weight excluding hydrogens is 260 g/mol. The highest BCUT2D eigenvalue weighted by atomic mass is 17.2. The maximum Gasteiger partial charge on any atom is 0.311 e. The highest BCUT2D eigenvalue weighted by Crippen LogP contribution is 2.58. The van der Waals surface area contributed by atoms with E-state index in [1.165, 1.54) is 0 Å². The van der Waals surface area contributed by atoms with Crippen LogP contribution in [0.4, 0.5) is 0 Å². The van der Waals surface area contributed by atoms with Gasteiger partial charge in [-0.15, -0.1) is 0 Å². The molecule has 0 N–H and O–H groups in total. The van der Waals surface area contributed by atoms with Gasteiger partial charge in [-0.3, -0.25) is 4.79 Å². The number of esters is 1. The molecule has 0 radical (unpaired) electrons. The molecule has 0 amide bonds. The zero-order chi connectivity index (χ0) is 14.1. The van der Waals surface area contributed by atoms with Crippen LogP contribution in [-0.2, 0) is 24.0 Å². The first-order valence-corrected chi connectivity index (χ1v) is 7.74. The van der Waals surface area contributed by atoms with Crippen molar-refractivity contribution in [2.75, 3.05) is 0 Å². The summed E-state index contributed by atoms with van der Waals surface area (Å²) in [5.41, 5.74) is -0.605. The second-order valence-corrected chi connectivity index (χ2v) is 6.97. The van der Waals surface area contributed by atoms with Gasteiger partial charge in [-0.25, -0.2) is 9.78 Å². The Morgan fingerprint density at radius 2 is 1.95 bits per heavy atom. The zero-order valence-electron chi connectivity index (χ0n) is 12.2. The number of fused-ring (bicyclic) bond motifs is 2. The van der Waals surface area contributed by atoms with Crippen LogP contribution >= 0.6 is 0 Å². The summed E-state index contributed by atoms with van der Waals surface area (Å²) in [7, 11) is 0. The third-order valence-electron chi connectivity index (χ3n) is 6.01. The number of ether oxygens (including phenoxy) is 2. The van der Waals surface area contributed by atoms with Crippen molar-refractivity contribution >= 4 is 5.97 Å². The molecule has 1 aliphatic carbocycles. The van der Waals surface area contributed by atoms with E-state index < -0.39 is 11.9 Å². The molecule has 5 aliphatic rings. The van der Waals surface area contributed by atoms with Gasteiger partial charge in [0.1, 0.15) is 6.10 Å². The topological polar surface area (TPSA) is 54.0 Å². The summed E-state index contributed by atoms with van der Waals surface area (Å²) < 4.78 is 11.6. The number of hydrogen-bond donors (Lipinski definition) is 0. The first kappa shape index (κ1) is 13.0. The highest BCUT2D eigenvalue weighted by molar-refractivity contribution is 5.74. The van der Waals surface area contributed by atoms with E-state index in [4.69, 9.17) is 19.2 Å². The fourth-order valence-electron chi connectivity index (χ4n) is 4.75. The molecule has 5 fully saturated rings. The van der Waals surface area contributed by atoms with Crippen LogP contribution in [0.5, 0.6) is 0 Å². The smallest absolute Gasteiger partial charge is 0.311 e. The Hall–Kier alpha value is -0.650. The average Bonchev–Trinajstić information content (AvgIpc) is 2.63. The summed E-state index contributed by atoms with van der Waals surface area (Å²) in [6.45, 7) is 6.17. The SMILES string of the molecule is C[C@@H]1CC[C@@H]2[C@H](C)C(=O)O[C@@H]3O[C@H](C)[C@H]4C[C@H]1[C@]32OO4. The maximum atomic E-state index is 12.1. The molecule has 5 heteroatoms. The van der Waals surface area contributed by atoms with Gasteiger partial charge >= 0.3 is 5.97 Å². The summed E-state index contributed by atoms with van der Waals surface area (Å²) in [5.74, 6) is 0.684. The Morgan fingerprint density at radius 1 is 1.15 bits per heavy atom. The van der Waals surface area contributed by atoms with E-state index in [9.17, 15) is 4.79 Å². The molecule has 0 aromatic rings. The molecular formula is C15H22O5. The largest absolute Gasteiger partial charge is 0.432 e. The lowest BCUT2D eigenvalue weighted by Gasteiger charge is -2.56. The standard InChI is InChI=1S/C15H22O5/c1-7-4-5-10-8(2)13(16)18-14-15(10)11(7)6-12(19-20-15)9(3)17-14/h7-12,14H,4-6H2,1-3H3/t7-,8+,9-,10-,11-,12-,14+,15+/m1/s1. The molecule has 4 heterocycles. The molecule has 0 unspecified atom stereocenters. The van der Waals surface area contributed by atoms with Gasteiger partial charge < -0.3 is 9.47 Å². The van der Waals surface area contributed by atoms with E-state index in [1.54, 1.807) is 0 Å². The van der Waals surface area contributed by atoms with Crippen LogP contribution in [0, 0.1) is 23.7 Å². The van der Waals surface area contributed by atoms with E-state index in [-0.39, 0.29) is 30.0 Å². The molecule has 5 rings (SSSR count). The second-order valence-electron chi connectivity index (χ2n) is 6.97. The van der Waals surface area contributed by atoms with Crippen molar-refractivity contribution < 1.29 is 24.0 Å². The van der Waals surface area contributed by atoms with Crippen molar-refractivity contribution in [1.29, 1.82) is 0 Å². The Bertz CT molecular complexity index is 438. The van der Waals surface area contributed by atoms with Crippen molar-refractivity contribution in [1.82, 2.24) is 0 Å². The molecule has 2 bridgehead atoms. The minimum atomic E-state index is -0.619. The number of hydrogen-bond acceptors (Lipinski definition) is 5. The van der Waals surface area contributed by atoms with Crippen molar-refractivity contribution in [2.45, 2.75) is 64.1 Å². The van der Waals surface area contributed by atoms with Gasteiger partial charge in [0.05, 0.1) is 12.0 Å². The lowest BCUT2D eigenvalue weighted by Crippen LogP contribution is -2.67. The van der Waals surface area contributed by atoms with Gasteiger partial charge in [-0.2, -0.15) is 0 Å². The lowest BCUT2D eigenvalue weighted by atomic mass is 9.58. The minimum absolute atomic E-state index is 0.0635. The van der Waals surface area contributed by atoms with Gasteiger partial charge in [0, 0.05) is 11.8 Å². The van der Waals surface area contributed by atoms with Gasteiger partial charge in [-0.05, 0) is 32.1 Å². The van der Waals surface area contributed by atoms with Crippen LogP contribution in [0.15, 0.2) is 0 Å². The number of carbonyl (C=O) groups is 1. The molecule has 0 aromatic carbocycles. The van der Waals surface area contributed by atoms with Crippen LogP contribution in [-0.4, -0.2) is 30.1 Å². The number of rotatable bonds is 0. The molecule has 5 nitrogen and oxygen atoms in total. The van der Waals surface area contributed by atoms with Crippen LogP contribution in [0.1, 0.15) is 40.0 Å². The summed E-state index contributed by atoms with van der Waals surface area (Å²) in [5, 5.41) is 0. The lowest BCUT2D eigenvalue weighted by molar-refractivity contribution is -0.459. The van der Waals surface area contributed by atoms with E-state index >= 15 is 0 Å². The van der Waals surface area contributed by atoms with E-state index in [2.05, 4.69) is 6.92 Å². The summed E-state index contributed by atoms with van der Waals surface area (Å²) in [4.78, 5) is 23.7. The first-order chi connectivity index (χ1) is 9.54. The molecule has 112 valence electrons. The predicted molar refractivity (Wildman–Crippen MR) is 68.3 cm³/mol. The fraction of sp³-hybridized carbons (Fsp3) is 0.933. The summed E-state index contributed by atoms with van der Waals surface area (Å²) >= 11 is 0. The molecule has 1 spiro atoms. The average molecular weight is 282 g/mol. The highest BCUT2D eigenvalue weighted by Gasteiger charge is 2.69. The van der Waals surface area contributed by atoms with E-state index in [1.807, 2.05) is 13.8 Å². The van der Waals surface area contributed by atoms with Crippen molar-refractivity contribution in [2.24, 2.45) is 23.7 Å². The number of carbonyl (C=O) groups excluding carboxylic acids is 1. The summed E-state index contributed by atoms with van der Waals surface area (Å²) in [6, 6.07) is 0. The third-order valence-corrected chi connectivity index (χ3v) is 6.01. The summed E-state index contributed by atoms with van der Waals surface area (Å²) in [6.07, 6.45) is 2.23. The van der Waals surface area contributed by atoms with Crippen LogP contribution in [0.2, 0.25) is 0 Å². The van der Waals surface area contributed by atoms with Crippen molar-refractivity contribution in [3.8, 4) is 0 Å². The molecule has 4 saturated heterocycles. The second kappa shape index (κ2) is 4.18. The van der Waals surface area contributed by atoms with Crippen LogP contribution < -0.4 is 0 Å². The van der Waals surface area contributed by atoms with Gasteiger partial charge in [0.15, 0.2) is 5.60 Å². The molecule has 20 heavy (non-hydrogen) atoms. The third kappa shape index (κ3) is 1.46. The van der Waals surface area contributed by atoms with E-state index in [0.29, 0.717) is 11.8 Å². The van der Waals surface area contributed by atoms with Crippen LogP contribution in [0.3, 0.4) is 0 Å². The Balaban J connectivity index is 1.83. The quantitative estimate of drug-likeness (QED) is 0.503. The Morgan fingerprint density at radius 3 is 2.75 bits per heavy atom. The van der Waals surface area contributed by atoms with Crippen molar-refractivity contribution in [3.63, 3.8) is 0 Å². The molecule has 4 aliphatic heterocycles. The Labute approximate surface area is 118 Å².